The number of methoxy groups -OCH3 is 3. The Morgan fingerprint density at radius 1 is 1.11 bits per heavy atom. The van der Waals surface area contributed by atoms with Gasteiger partial charge in [-0.3, -0.25) is 4.79 Å². The molecular weight excluding hydrogens is 248 g/mol. The molecule has 1 amide bonds. The van der Waals surface area contributed by atoms with Gasteiger partial charge in [-0.1, -0.05) is 6.92 Å². The molecular formula is C13H20N2O4. The van der Waals surface area contributed by atoms with E-state index in [2.05, 4.69) is 10.6 Å². The molecule has 0 fully saturated rings. The molecule has 106 valence electrons. The van der Waals surface area contributed by atoms with Gasteiger partial charge in [-0.25, -0.2) is 0 Å². The molecule has 2 N–H and O–H groups in total. The zero-order valence-electron chi connectivity index (χ0n) is 11.7. The molecule has 1 aromatic carbocycles. The summed E-state index contributed by atoms with van der Waals surface area (Å²) in [7, 11) is 4.60. The number of hydrogen-bond acceptors (Lipinski definition) is 5. The van der Waals surface area contributed by atoms with Crippen molar-refractivity contribution in [1.29, 1.82) is 0 Å². The van der Waals surface area contributed by atoms with Gasteiger partial charge >= 0.3 is 0 Å². The van der Waals surface area contributed by atoms with E-state index < -0.39 is 0 Å². The summed E-state index contributed by atoms with van der Waals surface area (Å²) in [6.45, 7) is 2.89. The van der Waals surface area contributed by atoms with E-state index in [4.69, 9.17) is 14.2 Å². The maximum atomic E-state index is 11.7. The molecule has 1 rings (SSSR count). The van der Waals surface area contributed by atoms with Crippen LogP contribution in [-0.4, -0.2) is 40.3 Å². The predicted molar refractivity (Wildman–Crippen MR) is 73.3 cm³/mol. The van der Waals surface area contributed by atoms with Crippen molar-refractivity contribution in [3.8, 4) is 17.2 Å². The van der Waals surface area contributed by atoms with Crippen LogP contribution in [0.15, 0.2) is 12.1 Å². The Bertz CT molecular complexity index is 410. The summed E-state index contributed by atoms with van der Waals surface area (Å²) < 4.78 is 15.6. The average molecular weight is 268 g/mol. The van der Waals surface area contributed by atoms with Gasteiger partial charge in [0.05, 0.1) is 27.9 Å². The van der Waals surface area contributed by atoms with Crippen molar-refractivity contribution in [2.75, 3.05) is 39.7 Å². The number of nitrogens with one attached hydrogen (secondary N) is 2. The molecule has 0 bridgehead atoms. The lowest BCUT2D eigenvalue weighted by Crippen LogP contribution is -2.28. The third-order valence-corrected chi connectivity index (χ3v) is 2.52. The highest BCUT2D eigenvalue weighted by molar-refractivity contribution is 5.95. The van der Waals surface area contributed by atoms with Gasteiger partial charge in [0.1, 0.15) is 22.9 Å². The molecule has 0 spiro atoms. The van der Waals surface area contributed by atoms with Crippen molar-refractivity contribution in [3.63, 3.8) is 0 Å². The van der Waals surface area contributed by atoms with Gasteiger partial charge < -0.3 is 24.8 Å². The Labute approximate surface area is 113 Å². The number of ether oxygens (including phenoxy) is 3. The van der Waals surface area contributed by atoms with E-state index in [9.17, 15) is 4.79 Å². The number of benzene rings is 1. The van der Waals surface area contributed by atoms with Crippen LogP contribution in [0.3, 0.4) is 0 Å². The molecule has 19 heavy (non-hydrogen) atoms. The van der Waals surface area contributed by atoms with Crippen LogP contribution in [0.25, 0.3) is 0 Å². The maximum absolute atomic E-state index is 11.7. The molecule has 0 heterocycles. The van der Waals surface area contributed by atoms with Gasteiger partial charge in [-0.15, -0.1) is 0 Å². The second kappa shape index (κ2) is 7.48. The zero-order valence-corrected chi connectivity index (χ0v) is 11.7. The molecule has 6 nitrogen and oxygen atoms in total. The zero-order chi connectivity index (χ0) is 14.3. The molecule has 0 aliphatic carbocycles. The van der Waals surface area contributed by atoms with Crippen molar-refractivity contribution in [1.82, 2.24) is 5.32 Å². The average Bonchev–Trinajstić information content (AvgIpc) is 2.44. The minimum atomic E-state index is -0.163. The summed E-state index contributed by atoms with van der Waals surface area (Å²) in [5.74, 6) is 1.41. The van der Waals surface area contributed by atoms with Crippen LogP contribution >= 0.6 is 0 Å². The number of amides is 1. The minimum Gasteiger partial charge on any atom is -0.496 e. The molecule has 0 unspecified atom stereocenters. The first-order chi connectivity index (χ1) is 9.15. The van der Waals surface area contributed by atoms with Gasteiger partial charge in [0.15, 0.2) is 0 Å². The topological polar surface area (TPSA) is 68.8 Å². The predicted octanol–water partition coefficient (Wildman–Crippen LogP) is 1.26. The van der Waals surface area contributed by atoms with E-state index in [0.29, 0.717) is 22.9 Å². The van der Waals surface area contributed by atoms with Crippen LogP contribution in [0, 0.1) is 0 Å². The monoisotopic (exact) mass is 268 g/mol. The molecule has 0 saturated carbocycles. The highest BCUT2D eigenvalue weighted by Gasteiger charge is 2.15. The number of rotatable bonds is 7. The molecule has 6 heteroatoms. The van der Waals surface area contributed by atoms with Crippen molar-refractivity contribution >= 4 is 11.6 Å². The normalized spacial score (nSPS) is 9.89. The van der Waals surface area contributed by atoms with Crippen LogP contribution in [0.1, 0.15) is 6.92 Å². The molecule has 1 aromatic rings. The van der Waals surface area contributed by atoms with Crippen LogP contribution in [-0.2, 0) is 4.79 Å². The maximum Gasteiger partial charge on any atom is 0.238 e. The standard InChI is InChI=1S/C13H20N2O4/c1-5-14-8-12(16)15-13-10(18-3)6-9(17-2)7-11(13)19-4/h6-7,14H,5,8H2,1-4H3,(H,15,16). The van der Waals surface area contributed by atoms with E-state index in [1.807, 2.05) is 6.92 Å². The molecule has 0 radical (unpaired) electrons. The van der Waals surface area contributed by atoms with Crippen LogP contribution in [0.2, 0.25) is 0 Å². The Hall–Kier alpha value is -1.95. The Morgan fingerprint density at radius 3 is 2.11 bits per heavy atom. The van der Waals surface area contributed by atoms with Crippen molar-refractivity contribution in [2.45, 2.75) is 6.92 Å². The SMILES string of the molecule is CCNCC(=O)Nc1c(OC)cc(OC)cc1OC. The summed E-state index contributed by atoms with van der Waals surface area (Å²) in [5.41, 5.74) is 0.494. The molecule has 0 aromatic heterocycles. The number of likely N-dealkylation sites (N-methyl/N-ethyl adjacent to an activating group) is 1. The molecule has 0 saturated heterocycles. The summed E-state index contributed by atoms with van der Waals surface area (Å²) >= 11 is 0. The first kappa shape index (κ1) is 15.1. The lowest BCUT2D eigenvalue weighted by molar-refractivity contribution is -0.115. The summed E-state index contributed by atoms with van der Waals surface area (Å²) in [6.07, 6.45) is 0. The fourth-order valence-electron chi connectivity index (χ4n) is 1.55. The minimum absolute atomic E-state index is 0.163. The second-order valence-corrected chi connectivity index (χ2v) is 3.74. The van der Waals surface area contributed by atoms with E-state index in [1.165, 1.54) is 14.2 Å². The molecule has 0 aliphatic rings. The smallest absolute Gasteiger partial charge is 0.238 e. The summed E-state index contributed by atoms with van der Waals surface area (Å²) in [6, 6.07) is 3.37. The summed E-state index contributed by atoms with van der Waals surface area (Å²) in [5, 5.41) is 5.71. The van der Waals surface area contributed by atoms with Gasteiger partial charge in [-0.05, 0) is 6.54 Å². The van der Waals surface area contributed by atoms with Crippen molar-refractivity contribution in [2.24, 2.45) is 0 Å². The number of anilines is 1. The van der Waals surface area contributed by atoms with Crippen LogP contribution < -0.4 is 24.8 Å². The summed E-state index contributed by atoms with van der Waals surface area (Å²) in [4.78, 5) is 11.7. The van der Waals surface area contributed by atoms with E-state index in [0.717, 1.165) is 6.54 Å². The number of carbonyl (C=O) groups excluding carboxylic acids is 1. The third-order valence-electron chi connectivity index (χ3n) is 2.52. The highest BCUT2D eigenvalue weighted by Crippen LogP contribution is 2.38. The number of carbonyl (C=O) groups is 1. The fraction of sp³-hybridized carbons (Fsp3) is 0.462. The van der Waals surface area contributed by atoms with E-state index in [-0.39, 0.29) is 12.5 Å². The van der Waals surface area contributed by atoms with Crippen molar-refractivity contribution < 1.29 is 19.0 Å². The van der Waals surface area contributed by atoms with Gasteiger partial charge in [0.2, 0.25) is 5.91 Å². The van der Waals surface area contributed by atoms with Crippen LogP contribution in [0.4, 0.5) is 5.69 Å². The van der Waals surface area contributed by atoms with Crippen molar-refractivity contribution in [3.05, 3.63) is 12.1 Å². The Balaban J connectivity index is 3.00. The number of hydrogen-bond donors (Lipinski definition) is 2. The largest absolute Gasteiger partial charge is 0.496 e. The van der Waals surface area contributed by atoms with E-state index in [1.54, 1.807) is 19.2 Å². The van der Waals surface area contributed by atoms with E-state index >= 15 is 0 Å². The molecule has 0 aliphatic heterocycles. The van der Waals surface area contributed by atoms with Gasteiger partial charge in [0, 0.05) is 12.1 Å². The van der Waals surface area contributed by atoms with Gasteiger partial charge in [-0.2, -0.15) is 0 Å². The molecule has 0 atom stereocenters. The first-order valence-corrected chi connectivity index (χ1v) is 5.96. The Morgan fingerprint density at radius 2 is 1.68 bits per heavy atom. The van der Waals surface area contributed by atoms with Crippen LogP contribution in [0.5, 0.6) is 17.2 Å². The lowest BCUT2D eigenvalue weighted by atomic mass is 10.2. The van der Waals surface area contributed by atoms with Gasteiger partial charge in [0.25, 0.3) is 0 Å². The third kappa shape index (κ3) is 4.03. The fourth-order valence-corrected chi connectivity index (χ4v) is 1.55. The second-order valence-electron chi connectivity index (χ2n) is 3.74. The Kier molecular flexibility index (Phi) is 5.95. The lowest BCUT2D eigenvalue weighted by Gasteiger charge is -2.15. The first-order valence-electron chi connectivity index (χ1n) is 5.96. The highest BCUT2D eigenvalue weighted by atomic mass is 16.5. The quantitative estimate of drug-likeness (QED) is 0.779.